The molecule has 3 aromatic carbocycles. The third-order valence-electron chi connectivity index (χ3n) is 11.5. The summed E-state index contributed by atoms with van der Waals surface area (Å²) >= 11 is 0. The molecule has 0 heterocycles. The minimum absolute atomic E-state index is 0.169. The molecule has 0 unspecified atom stereocenters. The Kier molecular flexibility index (Phi) is 9.90. The molecule has 0 aliphatic heterocycles. The average Bonchev–Trinajstić information content (AvgIpc) is 3.27. The van der Waals surface area contributed by atoms with Crippen LogP contribution in [0.15, 0.2) is 78.9 Å². The molecular weight excluding hydrogens is 545 g/mol. The predicted octanol–water partition coefficient (Wildman–Crippen LogP) is 7.70. The van der Waals surface area contributed by atoms with E-state index in [4.69, 9.17) is 4.74 Å². The molecule has 5 atom stereocenters. The minimum Gasteiger partial charge on any atom is -0.496 e. The van der Waals surface area contributed by atoms with Gasteiger partial charge >= 0.3 is 0 Å². The maximum atomic E-state index is 13.0. The van der Waals surface area contributed by atoms with E-state index in [1.807, 2.05) is 12.1 Å². The lowest BCUT2D eigenvalue weighted by molar-refractivity contribution is 0.0864. The topological polar surface area (TPSA) is 49.7 Å². The number of fused-ring (bicyclic) bond motifs is 2. The van der Waals surface area contributed by atoms with Gasteiger partial charge in [0, 0.05) is 0 Å². The van der Waals surface area contributed by atoms with Crippen LogP contribution in [-0.2, 0) is 12.8 Å². The largest absolute Gasteiger partial charge is 0.496 e. The molecular formula is C39H54O3Si. The normalized spacial score (nSPS) is 24.3. The first-order chi connectivity index (χ1) is 20.6. The molecule has 0 aromatic heterocycles. The SMILES string of the molecule is CCCCC[C@H](O)CC[C@H]1[C@H](CC(C)(C)[Si](O)(c2ccccc2)c2ccccc2)C[C@@H]2Cc3c(cccc3OC)C[C@@]21C. The van der Waals surface area contributed by atoms with Crippen molar-refractivity contribution in [2.24, 2.45) is 23.2 Å². The molecule has 2 N–H and O–H groups in total. The van der Waals surface area contributed by atoms with Crippen molar-refractivity contribution in [1.29, 1.82) is 0 Å². The highest BCUT2D eigenvalue weighted by Crippen LogP contribution is 2.62. The molecule has 2 aliphatic rings. The second-order valence-electron chi connectivity index (χ2n) is 14.5. The molecule has 3 nitrogen and oxygen atoms in total. The van der Waals surface area contributed by atoms with E-state index < -0.39 is 8.32 Å². The highest BCUT2D eigenvalue weighted by atomic mass is 28.4. The highest BCUT2D eigenvalue weighted by Gasteiger charge is 2.57. The first kappa shape index (κ1) is 32.0. The summed E-state index contributed by atoms with van der Waals surface area (Å²) in [6.07, 6.45) is 10.4. The Hall–Kier alpha value is -2.40. The number of ether oxygens (including phenoxy) is 1. The van der Waals surface area contributed by atoms with Crippen LogP contribution in [0.5, 0.6) is 5.75 Å². The molecule has 232 valence electrons. The second-order valence-corrected chi connectivity index (χ2v) is 18.5. The predicted molar refractivity (Wildman–Crippen MR) is 182 cm³/mol. The van der Waals surface area contributed by atoms with Gasteiger partial charge in [-0.1, -0.05) is 120 Å². The Morgan fingerprint density at radius 3 is 2.19 bits per heavy atom. The summed E-state index contributed by atoms with van der Waals surface area (Å²) in [6, 6.07) is 27.5. The van der Waals surface area contributed by atoms with Crippen molar-refractivity contribution in [3.05, 3.63) is 90.0 Å². The van der Waals surface area contributed by atoms with E-state index in [0.717, 1.165) is 61.1 Å². The van der Waals surface area contributed by atoms with E-state index in [0.29, 0.717) is 17.8 Å². The summed E-state index contributed by atoms with van der Waals surface area (Å²) in [7, 11) is -1.32. The van der Waals surface area contributed by atoms with E-state index in [9.17, 15) is 9.90 Å². The Morgan fingerprint density at radius 2 is 1.58 bits per heavy atom. The average molecular weight is 599 g/mol. The molecule has 2 aliphatic carbocycles. The van der Waals surface area contributed by atoms with Gasteiger partial charge in [-0.25, -0.2) is 0 Å². The van der Waals surface area contributed by atoms with Crippen LogP contribution >= 0.6 is 0 Å². The van der Waals surface area contributed by atoms with E-state index >= 15 is 0 Å². The van der Waals surface area contributed by atoms with Crippen molar-refractivity contribution in [3.8, 4) is 5.75 Å². The van der Waals surface area contributed by atoms with E-state index in [1.165, 1.54) is 30.4 Å². The molecule has 1 fully saturated rings. The number of aliphatic hydroxyl groups is 1. The summed E-state index contributed by atoms with van der Waals surface area (Å²) in [5.41, 5.74) is 3.00. The number of hydrogen-bond donors (Lipinski definition) is 2. The summed E-state index contributed by atoms with van der Waals surface area (Å²) in [5.74, 6) is 2.59. The van der Waals surface area contributed by atoms with Gasteiger partial charge in [0.1, 0.15) is 5.75 Å². The van der Waals surface area contributed by atoms with Crippen LogP contribution in [0, 0.1) is 23.2 Å². The molecule has 0 amide bonds. The van der Waals surface area contributed by atoms with Crippen LogP contribution in [0.4, 0.5) is 0 Å². The molecule has 3 aromatic rings. The third kappa shape index (κ3) is 6.25. The van der Waals surface area contributed by atoms with Crippen LogP contribution in [0.1, 0.15) is 90.2 Å². The van der Waals surface area contributed by atoms with Gasteiger partial charge in [0.2, 0.25) is 0 Å². The molecule has 0 bridgehead atoms. The fraction of sp³-hybridized carbons (Fsp3) is 0.538. The number of unbranched alkanes of at least 4 members (excludes halogenated alkanes) is 2. The summed E-state index contributed by atoms with van der Waals surface area (Å²) in [6.45, 7) is 9.43. The monoisotopic (exact) mass is 598 g/mol. The fourth-order valence-electron chi connectivity index (χ4n) is 9.14. The zero-order valence-electron chi connectivity index (χ0n) is 27.2. The summed E-state index contributed by atoms with van der Waals surface area (Å²) in [4.78, 5) is 13.0. The van der Waals surface area contributed by atoms with Crippen LogP contribution in [0.25, 0.3) is 0 Å². The van der Waals surface area contributed by atoms with Crippen molar-refractivity contribution in [2.75, 3.05) is 7.11 Å². The van der Waals surface area contributed by atoms with Crippen molar-refractivity contribution in [2.45, 2.75) is 103 Å². The fourth-order valence-corrected chi connectivity index (χ4v) is 12.9. The van der Waals surface area contributed by atoms with Crippen LogP contribution < -0.4 is 15.1 Å². The molecule has 0 spiro atoms. The third-order valence-corrected chi connectivity index (χ3v) is 16.0. The standard InChI is InChI=1S/C39H54O3Si/c1-6-7-10-17-32(40)23-24-36-30(25-31-26-35-29(28-39(31,36)4)16-15-22-37(35)42-5)27-38(2,3)43(41,33-18-11-8-12-19-33)34-20-13-9-14-21-34/h8-9,11-16,18-22,30-32,36,40-41H,6-7,10,17,23-28H2,1-5H3/t30-,31+,32-,36-,39-/m0/s1. The van der Waals surface area contributed by atoms with E-state index in [2.05, 4.69) is 94.4 Å². The lowest BCUT2D eigenvalue weighted by atomic mass is 9.62. The van der Waals surface area contributed by atoms with Gasteiger partial charge in [-0.2, -0.15) is 0 Å². The van der Waals surface area contributed by atoms with Crippen LogP contribution in [0.3, 0.4) is 0 Å². The maximum Gasteiger partial charge on any atom is 0.258 e. The van der Waals surface area contributed by atoms with Gasteiger partial charge in [0.15, 0.2) is 0 Å². The van der Waals surface area contributed by atoms with Crippen LogP contribution in [0.2, 0.25) is 5.04 Å². The molecule has 0 saturated heterocycles. The Balaban J connectivity index is 1.48. The van der Waals surface area contributed by atoms with Crippen molar-refractivity contribution in [1.82, 2.24) is 0 Å². The van der Waals surface area contributed by atoms with E-state index in [-0.39, 0.29) is 16.6 Å². The van der Waals surface area contributed by atoms with Crippen molar-refractivity contribution in [3.63, 3.8) is 0 Å². The number of rotatable bonds is 13. The highest BCUT2D eigenvalue weighted by molar-refractivity contribution is 6.98. The van der Waals surface area contributed by atoms with Crippen molar-refractivity contribution < 1.29 is 14.6 Å². The van der Waals surface area contributed by atoms with Gasteiger partial charge in [-0.05, 0) is 101 Å². The number of benzene rings is 3. The van der Waals surface area contributed by atoms with Gasteiger partial charge < -0.3 is 14.6 Å². The molecule has 4 heteroatoms. The first-order valence-corrected chi connectivity index (χ1v) is 18.7. The van der Waals surface area contributed by atoms with Crippen LogP contribution in [-0.4, -0.2) is 31.4 Å². The number of hydrogen-bond acceptors (Lipinski definition) is 3. The zero-order valence-corrected chi connectivity index (χ0v) is 28.2. The zero-order chi connectivity index (χ0) is 30.7. The Labute approximate surface area is 261 Å². The minimum atomic E-state index is -3.11. The number of aliphatic hydroxyl groups excluding tert-OH is 1. The quantitative estimate of drug-likeness (QED) is 0.157. The lowest BCUT2D eigenvalue weighted by Crippen LogP contribution is -2.65. The van der Waals surface area contributed by atoms with E-state index in [1.54, 1.807) is 7.11 Å². The van der Waals surface area contributed by atoms with Gasteiger partial charge in [0.05, 0.1) is 13.2 Å². The molecule has 1 saturated carbocycles. The summed E-state index contributed by atoms with van der Waals surface area (Å²) in [5, 5.41) is 12.9. The molecule has 43 heavy (non-hydrogen) atoms. The lowest BCUT2D eigenvalue weighted by Gasteiger charge is -2.45. The van der Waals surface area contributed by atoms with Gasteiger partial charge in [0.25, 0.3) is 8.32 Å². The maximum absolute atomic E-state index is 13.0. The van der Waals surface area contributed by atoms with Gasteiger partial charge in [-0.15, -0.1) is 0 Å². The van der Waals surface area contributed by atoms with Gasteiger partial charge in [-0.3, -0.25) is 0 Å². The second kappa shape index (κ2) is 13.3. The first-order valence-electron chi connectivity index (χ1n) is 16.8. The molecule has 0 radical (unpaired) electrons. The Morgan fingerprint density at radius 1 is 0.930 bits per heavy atom. The number of methoxy groups -OCH3 is 1. The smallest absolute Gasteiger partial charge is 0.258 e. The molecule has 5 rings (SSSR count). The summed E-state index contributed by atoms with van der Waals surface area (Å²) < 4.78 is 5.84. The Bertz CT molecular complexity index is 1280. The van der Waals surface area contributed by atoms with Crippen molar-refractivity contribution >= 4 is 18.7 Å².